The molecule has 184 valence electrons. The van der Waals surface area contributed by atoms with Crippen molar-refractivity contribution in [2.24, 2.45) is 11.8 Å². The number of nitrogens with one attached hydrogen (secondary N) is 1. The molecular formula is C27H22Cl2N2O5. The number of ether oxygens (including phenoxy) is 2. The topological polar surface area (TPSA) is 84.9 Å². The summed E-state index contributed by atoms with van der Waals surface area (Å²) in [6.07, 6.45) is 0. The van der Waals surface area contributed by atoms with Crippen LogP contribution in [0.4, 0.5) is 5.69 Å². The second-order valence-electron chi connectivity index (χ2n) is 8.69. The van der Waals surface area contributed by atoms with Crippen molar-refractivity contribution in [3.8, 4) is 5.75 Å². The first-order chi connectivity index (χ1) is 17.3. The first-order valence-corrected chi connectivity index (χ1v) is 12.0. The van der Waals surface area contributed by atoms with Crippen molar-refractivity contribution in [3.63, 3.8) is 0 Å². The molecule has 3 atom stereocenters. The Labute approximate surface area is 217 Å². The number of benzene rings is 3. The van der Waals surface area contributed by atoms with E-state index in [0.717, 1.165) is 4.90 Å². The van der Waals surface area contributed by atoms with Crippen LogP contribution in [0.3, 0.4) is 0 Å². The molecule has 3 aromatic carbocycles. The Morgan fingerprint density at radius 2 is 1.47 bits per heavy atom. The van der Waals surface area contributed by atoms with Gasteiger partial charge in [-0.1, -0.05) is 47.5 Å². The first-order valence-electron chi connectivity index (χ1n) is 11.2. The SMILES string of the molecule is COC(=O)[C@@H]1NC(c2cccc(Cl)c2)(c2cccc(Cl)c2)[C@H]2C(=O)N(c3ccc(OC)cc3)C(=O)[C@@H]12. The number of halogens is 2. The largest absolute Gasteiger partial charge is 0.497 e. The van der Waals surface area contributed by atoms with Gasteiger partial charge >= 0.3 is 5.97 Å². The third-order valence-electron chi connectivity index (χ3n) is 6.91. The summed E-state index contributed by atoms with van der Waals surface area (Å²) in [7, 11) is 2.78. The Bertz CT molecular complexity index is 1310. The molecule has 2 saturated heterocycles. The zero-order valence-corrected chi connectivity index (χ0v) is 20.9. The summed E-state index contributed by atoms with van der Waals surface area (Å²) >= 11 is 12.7. The molecule has 3 aromatic rings. The van der Waals surface area contributed by atoms with Gasteiger partial charge in [0.05, 0.1) is 37.3 Å². The van der Waals surface area contributed by atoms with Crippen molar-refractivity contribution >= 4 is 46.7 Å². The van der Waals surface area contributed by atoms with E-state index in [-0.39, 0.29) is 0 Å². The number of hydrogen-bond donors (Lipinski definition) is 1. The molecule has 0 bridgehead atoms. The fraction of sp³-hybridized carbons (Fsp3) is 0.222. The summed E-state index contributed by atoms with van der Waals surface area (Å²) in [5.74, 6) is -3.01. The number of methoxy groups -OCH3 is 2. The lowest BCUT2D eigenvalue weighted by Crippen LogP contribution is -2.52. The summed E-state index contributed by atoms with van der Waals surface area (Å²) in [4.78, 5) is 42.1. The molecule has 2 heterocycles. The lowest BCUT2D eigenvalue weighted by Gasteiger charge is -2.36. The predicted octanol–water partition coefficient (Wildman–Crippen LogP) is 4.20. The Morgan fingerprint density at radius 3 is 1.97 bits per heavy atom. The minimum atomic E-state index is -1.28. The molecule has 0 saturated carbocycles. The molecule has 2 aliphatic rings. The molecule has 9 heteroatoms. The predicted molar refractivity (Wildman–Crippen MR) is 135 cm³/mol. The second-order valence-corrected chi connectivity index (χ2v) is 9.56. The molecule has 0 radical (unpaired) electrons. The number of nitrogens with zero attached hydrogens (tertiary/aromatic N) is 1. The van der Waals surface area contributed by atoms with Gasteiger partial charge in [0.25, 0.3) is 0 Å². The number of carbonyl (C=O) groups is 3. The molecule has 5 rings (SSSR count). The van der Waals surface area contributed by atoms with E-state index >= 15 is 0 Å². The highest BCUT2D eigenvalue weighted by molar-refractivity contribution is 6.31. The lowest BCUT2D eigenvalue weighted by atomic mass is 9.71. The number of amides is 2. The van der Waals surface area contributed by atoms with E-state index in [1.54, 1.807) is 60.7 Å². The van der Waals surface area contributed by atoms with Gasteiger partial charge in [-0.15, -0.1) is 0 Å². The molecule has 36 heavy (non-hydrogen) atoms. The number of fused-ring (bicyclic) bond motifs is 1. The average Bonchev–Trinajstić information content (AvgIpc) is 3.38. The second kappa shape index (κ2) is 9.24. The third kappa shape index (κ3) is 3.66. The van der Waals surface area contributed by atoms with Gasteiger partial charge in [0.2, 0.25) is 11.8 Å². The van der Waals surface area contributed by atoms with Gasteiger partial charge in [0, 0.05) is 10.0 Å². The Hall–Kier alpha value is -3.39. The van der Waals surface area contributed by atoms with Crippen molar-refractivity contribution < 1.29 is 23.9 Å². The van der Waals surface area contributed by atoms with E-state index in [4.69, 9.17) is 32.7 Å². The summed E-state index contributed by atoms with van der Waals surface area (Å²) < 4.78 is 10.3. The van der Waals surface area contributed by atoms with Gasteiger partial charge < -0.3 is 9.47 Å². The number of imide groups is 1. The number of rotatable bonds is 5. The summed E-state index contributed by atoms with van der Waals surface area (Å²) in [6, 6.07) is 19.5. The molecule has 7 nitrogen and oxygen atoms in total. The van der Waals surface area contributed by atoms with Gasteiger partial charge in [-0.3, -0.25) is 19.7 Å². The fourth-order valence-corrected chi connectivity index (χ4v) is 5.77. The van der Waals surface area contributed by atoms with Crippen LogP contribution in [0.5, 0.6) is 5.75 Å². The molecule has 2 amide bonds. The molecule has 1 N–H and O–H groups in total. The number of hydrogen-bond acceptors (Lipinski definition) is 6. The van der Waals surface area contributed by atoms with Crippen LogP contribution in [-0.4, -0.2) is 38.0 Å². The highest BCUT2D eigenvalue weighted by atomic mass is 35.5. The van der Waals surface area contributed by atoms with E-state index < -0.39 is 41.2 Å². The van der Waals surface area contributed by atoms with Gasteiger partial charge in [-0.2, -0.15) is 0 Å². The van der Waals surface area contributed by atoms with Crippen LogP contribution >= 0.6 is 23.2 Å². The maximum Gasteiger partial charge on any atom is 0.323 e. The molecule has 2 fully saturated rings. The molecular weight excluding hydrogens is 503 g/mol. The van der Waals surface area contributed by atoms with Crippen molar-refractivity contribution in [2.75, 3.05) is 19.1 Å². The normalized spacial score (nSPS) is 22.4. The highest BCUT2D eigenvalue weighted by Crippen LogP contribution is 2.53. The summed E-state index contributed by atoms with van der Waals surface area (Å²) in [6.45, 7) is 0. The van der Waals surface area contributed by atoms with Gasteiger partial charge in [0.1, 0.15) is 11.8 Å². The maximum absolute atomic E-state index is 14.2. The number of carbonyl (C=O) groups excluding carboxylic acids is 3. The fourth-order valence-electron chi connectivity index (χ4n) is 5.39. The maximum atomic E-state index is 14.2. The zero-order valence-electron chi connectivity index (χ0n) is 19.4. The van der Waals surface area contributed by atoms with Crippen molar-refractivity contribution in [3.05, 3.63) is 94.0 Å². The number of esters is 1. The van der Waals surface area contributed by atoms with E-state index in [1.165, 1.54) is 14.2 Å². The van der Waals surface area contributed by atoms with Crippen LogP contribution in [0.1, 0.15) is 11.1 Å². The summed E-state index contributed by atoms with van der Waals surface area (Å²) in [5.41, 5.74) is 0.343. The van der Waals surface area contributed by atoms with Crippen LogP contribution in [0.2, 0.25) is 10.0 Å². The van der Waals surface area contributed by atoms with Gasteiger partial charge in [0.15, 0.2) is 0 Å². The first kappa shape index (κ1) is 24.3. The van der Waals surface area contributed by atoms with Crippen LogP contribution in [0.25, 0.3) is 0 Å². The average molecular weight is 525 g/mol. The monoisotopic (exact) mass is 524 g/mol. The number of anilines is 1. The molecule has 2 aliphatic heterocycles. The third-order valence-corrected chi connectivity index (χ3v) is 7.38. The zero-order chi connectivity index (χ0) is 25.6. The molecule has 0 aliphatic carbocycles. The van der Waals surface area contributed by atoms with Crippen LogP contribution in [-0.2, 0) is 24.7 Å². The van der Waals surface area contributed by atoms with E-state index in [1.807, 2.05) is 12.1 Å². The van der Waals surface area contributed by atoms with E-state index in [9.17, 15) is 14.4 Å². The minimum Gasteiger partial charge on any atom is -0.497 e. The molecule has 0 unspecified atom stereocenters. The summed E-state index contributed by atoms with van der Waals surface area (Å²) in [5, 5.41) is 4.20. The quantitative estimate of drug-likeness (QED) is 0.397. The smallest absolute Gasteiger partial charge is 0.323 e. The van der Waals surface area contributed by atoms with Crippen LogP contribution < -0.4 is 15.0 Å². The van der Waals surface area contributed by atoms with Crippen molar-refractivity contribution in [2.45, 2.75) is 11.6 Å². The Kier molecular flexibility index (Phi) is 6.24. The van der Waals surface area contributed by atoms with Crippen LogP contribution in [0.15, 0.2) is 72.8 Å². The van der Waals surface area contributed by atoms with Gasteiger partial charge in [-0.05, 0) is 59.7 Å². The Balaban J connectivity index is 1.75. The molecule has 0 aromatic heterocycles. The standard InChI is InChI=1S/C27H22Cl2N2O5/c1-35-20-11-9-19(10-12-20)31-24(32)21-22(25(31)33)27(30-23(21)26(34)36-2,15-5-3-7-17(28)13-15)16-6-4-8-18(29)14-16/h3-14,21-23,30H,1-2H3/t21-,22-,23-/m1/s1. The minimum absolute atomic E-state index is 0.384. The van der Waals surface area contributed by atoms with Crippen molar-refractivity contribution in [1.82, 2.24) is 5.32 Å². The van der Waals surface area contributed by atoms with Gasteiger partial charge in [-0.25, -0.2) is 4.90 Å². The van der Waals surface area contributed by atoms with Crippen molar-refractivity contribution in [1.29, 1.82) is 0 Å². The van der Waals surface area contributed by atoms with E-state index in [0.29, 0.717) is 32.6 Å². The Morgan fingerprint density at radius 1 is 0.889 bits per heavy atom. The van der Waals surface area contributed by atoms with Crippen LogP contribution in [0, 0.1) is 11.8 Å². The lowest BCUT2D eigenvalue weighted by molar-refractivity contribution is -0.145. The highest BCUT2D eigenvalue weighted by Gasteiger charge is 2.68. The molecule has 0 spiro atoms. The van der Waals surface area contributed by atoms with E-state index in [2.05, 4.69) is 5.32 Å².